The molecule has 0 saturated heterocycles. The quantitative estimate of drug-likeness (QED) is 0.787. The van der Waals surface area contributed by atoms with Crippen LogP contribution in [0.25, 0.3) is 22.0 Å². The number of carboxylic acids is 1. The second-order valence-electron chi connectivity index (χ2n) is 4.90. The van der Waals surface area contributed by atoms with E-state index in [1.54, 1.807) is 30.6 Å². The van der Waals surface area contributed by atoms with E-state index >= 15 is 0 Å². The highest BCUT2D eigenvalue weighted by Gasteiger charge is 2.14. The summed E-state index contributed by atoms with van der Waals surface area (Å²) in [5.41, 5.74) is 3.25. The van der Waals surface area contributed by atoms with Crippen LogP contribution in [0.4, 0.5) is 0 Å². The van der Waals surface area contributed by atoms with Crippen LogP contribution in [0.3, 0.4) is 0 Å². The SMILES string of the molecule is CCc1nc2cncc(-c3ccc(Cl)cc3)c2cc1C(=O)O. The summed E-state index contributed by atoms with van der Waals surface area (Å²) in [7, 11) is 0. The van der Waals surface area contributed by atoms with Crippen LogP contribution in [0.5, 0.6) is 0 Å². The minimum absolute atomic E-state index is 0.233. The van der Waals surface area contributed by atoms with Crippen LogP contribution < -0.4 is 0 Å². The molecule has 1 aromatic carbocycles. The van der Waals surface area contributed by atoms with Crippen LogP contribution in [0.15, 0.2) is 42.7 Å². The van der Waals surface area contributed by atoms with Gasteiger partial charge in [-0.2, -0.15) is 0 Å². The third-order valence-electron chi connectivity index (χ3n) is 3.54. The molecule has 0 saturated carbocycles. The molecule has 0 atom stereocenters. The topological polar surface area (TPSA) is 63.1 Å². The maximum absolute atomic E-state index is 11.4. The molecule has 22 heavy (non-hydrogen) atoms. The fourth-order valence-electron chi connectivity index (χ4n) is 2.45. The third kappa shape index (κ3) is 2.53. The zero-order chi connectivity index (χ0) is 15.7. The smallest absolute Gasteiger partial charge is 0.337 e. The maximum atomic E-state index is 11.4. The van der Waals surface area contributed by atoms with Crippen molar-refractivity contribution in [1.29, 1.82) is 0 Å². The first kappa shape index (κ1) is 14.5. The van der Waals surface area contributed by atoms with Crippen LogP contribution in [-0.4, -0.2) is 21.0 Å². The van der Waals surface area contributed by atoms with E-state index in [1.807, 2.05) is 19.1 Å². The van der Waals surface area contributed by atoms with Gasteiger partial charge in [-0.05, 0) is 30.2 Å². The summed E-state index contributed by atoms with van der Waals surface area (Å²) in [6.07, 6.45) is 3.92. The van der Waals surface area contributed by atoms with Crippen molar-refractivity contribution in [1.82, 2.24) is 9.97 Å². The highest BCUT2D eigenvalue weighted by atomic mass is 35.5. The van der Waals surface area contributed by atoms with Gasteiger partial charge in [0.15, 0.2) is 0 Å². The number of pyridine rings is 2. The minimum Gasteiger partial charge on any atom is -0.478 e. The molecule has 1 N–H and O–H groups in total. The Kier molecular flexibility index (Phi) is 3.77. The summed E-state index contributed by atoms with van der Waals surface area (Å²) in [4.78, 5) is 20.1. The van der Waals surface area contributed by atoms with Gasteiger partial charge in [0.1, 0.15) is 0 Å². The van der Waals surface area contributed by atoms with Crippen molar-refractivity contribution in [2.45, 2.75) is 13.3 Å². The molecule has 0 fully saturated rings. The summed E-state index contributed by atoms with van der Waals surface area (Å²) in [6, 6.07) is 9.03. The molecular formula is C17H13ClN2O2. The molecule has 4 nitrogen and oxygen atoms in total. The van der Waals surface area contributed by atoms with E-state index in [2.05, 4.69) is 9.97 Å². The molecule has 110 valence electrons. The summed E-state index contributed by atoms with van der Waals surface area (Å²) in [6.45, 7) is 1.89. The fraction of sp³-hybridized carbons (Fsp3) is 0.118. The Labute approximate surface area is 132 Å². The first-order valence-corrected chi connectivity index (χ1v) is 7.25. The van der Waals surface area contributed by atoms with Gasteiger partial charge in [-0.25, -0.2) is 4.79 Å². The summed E-state index contributed by atoms with van der Waals surface area (Å²) in [5, 5.41) is 10.8. The number of hydrogen-bond acceptors (Lipinski definition) is 3. The van der Waals surface area contributed by atoms with Gasteiger partial charge >= 0.3 is 5.97 Å². The monoisotopic (exact) mass is 312 g/mol. The molecule has 0 radical (unpaired) electrons. The molecular weight excluding hydrogens is 300 g/mol. The van der Waals surface area contributed by atoms with Gasteiger partial charge in [0.2, 0.25) is 0 Å². The molecule has 0 spiro atoms. The van der Waals surface area contributed by atoms with Crippen molar-refractivity contribution in [3.63, 3.8) is 0 Å². The number of fused-ring (bicyclic) bond motifs is 1. The number of aromatic nitrogens is 2. The highest BCUT2D eigenvalue weighted by molar-refractivity contribution is 6.30. The van der Waals surface area contributed by atoms with Gasteiger partial charge in [0.25, 0.3) is 0 Å². The predicted octanol–water partition coefficient (Wildman–Crippen LogP) is 4.21. The molecule has 0 aliphatic carbocycles. The van der Waals surface area contributed by atoms with Crippen molar-refractivity contribution in [2.24, 2.45) is 0 Å². The van der Waals surface area contributed by atoms with Crippen molar-refractivity contribution < 1.29 is 9.90 Å². The largest absolute Gasteiger partial charge is 0.478 e. The number of aromatic carboxylic acids is 1. The summed E-state index contributed by atoms with van der Waals surface area (Å²) < 4.78 is 0. The zero-order valence-corrected chi connectivity index (χ0v) is 12.6. The predicted molar refractivity (Wildman–Crippen MR) is 86.3 cm³/mol. The molecule has 0 aliphatic heterocycles. The van der Waals surface area contributed by atoms with Crippen LogP contribution >= 0.6 is 11.6 Å². The van der Waals surface area contributed by atoms with Crippen LogP contribution in [-0.2, 0) is 6.42 Å². The Morgan fingerprint density at radius 3 is 2.59 bits per heavy atom. The average molecular weight is 313 g/mol. The van der Waals surface area contributed by atoms with Crippen LogP contribution in [0.1, 0.15) is 23.0 Å². The Morgan fingerprint density at radius 2 is 1.95 bits per heavy atom. The second kappa shape index (κ2) is 5.73. The molecule has 0 bridgehead atoms. The van der Waals surface area contributed by atoms with E-state index in [1.165, 1.54) is 0 Å². The van der Waals surface area contributed by atoms with Gasteiger partial charge in [-0.15, -0.1) is 0 Å². The highest BCUT2D eigenvalue weighted by Crippen LogP contribution is 2.29. The Balaban J connectivity index is 2.29. The van der Waals surface area contributed by atoms with Crippen LogP contribution in [0.2, 0.25) is 5.02 Å². The molecule has 3 aromatic rings. The lowest BCUT2D eigenvalue weighted by atomic mass is 10.0. The standard InChI is InChI=1S/C17H13ClN2O2/c1-2-15-13(17(21)22)7-12-14(8-19-9-16(12)20-15)10-3-5-11(18)6-4-10/h3-9H,2H2,1H3,(H,21,22). The molecule has 0 unspecified atom stereocenters. The van der Waals surface area contributed by atoms with Gasteiger partial charge in [-0.1, -0.05) is 30.7 Å². The lowest BCUT2D eigenvalue weighted by Crippen LogP contribution is -2.05. The van der Waals surface area contributed by atoms with E-state index < -0.39 is 5.97 Å². The number of carbonyl (C=O) groups is 1. The summed E-state index contributed by atoms with van der Waals surface area (Å²) >= 11 is 5.92. The number of rotatable bonds is 3. The van der Waals surface area contributed by atoms with E-state index in [0.29, 0.717) is 22.7 Å². The van der Waals surface area contributed by atoms with Crippen molar-refractivity contribution in [2.75, 3.05) is 0 Å². The van der Waals surface area contributed by atoms with E-state index in [4.69, 9.17) is 11.6 Å². The second-order valence-corrected chi connectivity index (χ2v) is 5.34. The number of halogens is 1. The lowest BCUT2D eigenvalue weighted by molar-refractivity contribution is 0.0695. The summed E-state index contributed by atoms with van der Waals surface area (Å²) in [5.74, 6) is -0.967. The minimum atomic E-state index is -0.967. The molecule has 3 rings (SSSR count). The number of hydrogen-bond donors (Lipinski definition) is 1. The number of aryl methyl sites for hydroxylation is 1. The Bertz CT molecular complexity index is 860. The van der Waals surface area contributed by atoms with Gasteiger partial charge in [0.05, 0.1) is 23.0 Å². The molecule has 0 aliphatic rings. The molecule has 2 heterocycles. The van der Waals surface area contributed by atoms with Gasteiger partial charge in [-0.3, -0.25) is 9.97 Å². The van der Waals surface area contributed by atoms with Crippen molar-refractivity contribution in [3.05, 3.63) is 59.0 Å². The first-order valence-electron chi connectivity index (χ1n) is 6.87. The Morgan fingerprint density at radius 1 is 1.23 bits per heavy atom. The normalized spacial score (nSPS) is 10.8. The Hall–Kier alpha value is -2.46. The van der Waals surface area contributed by atoms with Crippen molar-refractivity contribution >= 4 is 28.5 Å². The molecule has 5 heteroatoms. The van der Waals surface area contributed by atoms with E-state index in [-0.39, 0.29) is 5.56 Å². The van der Waals surface area contributed by atoms with Gasteiger partial charge in [0, 0.05) is 22.2 Å². The molecule has 0 amide bonds. The average Bonchev–Trinajstić information content (AvgIpc) is 2.53. The van der Waals surface area contributed by atoms with Crippen LogP contribution in [0, 0.1) is 0 Å². The number of benzene rings is 1. The first-order chi connectivity index (χ1) is 10.6. The lowest BCUT2D eigenvalue weighted by Gasteiger charge is -2.09. The fourth-order valence-corrected chi connectivity index (χ4v) is 2.57. The number of carboxylic acid groups (broad SMARTS) is 1. The zero-order valence-electron chi connectivity index (χ0n) is 11.9. The van der Waals surface area contributed by atoms with Crippen molar-refractivity contribution in [3.8, 4) is 11.1 Å². The van der Waals surface area contributed by atoms with Gasteiger partial charge < -0.3 is 5.11 Å². The third-order valence-corrected chi connectivity index (χ3v) is 3.79. The number of nitrogens with zero attached hydrogens (tertiary/aromatic N) is 2. The van der Waals surface area contributed by atoms with E-state index in [0.717, 1.165) is 16.5 Å². The van der Waals surface area contributed by atoms with E-state index in [9.17, 15) is 9.90 Å². The molecule has 2 aromatic heterocycles. The maximum Gasteiger partial charge on any atom is 0.337 e.